The molecule has 4 rings (SSSR count). The van der Waals surface area contributed by atoms with Crippen molar-refractivity contribution < 1.29 is 63.1 Å². The number of esters is 1. The molecule has 0 bridgehead atoms. The highest BCUT2D eigenvalue weighted by Crippen LogP contribution is 2.38. The van der Waals surface area contributed by atoms with E-state index in [0.717, 1.165) is 6.08 Å². The molecule has 248 valence electrons. The maximum atomic E-state index is 12.4. The minimum absolute atomic E-state index is 0.0170. The molecule has 1 saturated heterocycles. The Morgan fingerprint density at radius 2 is 1.54 bits per heavy atom. The zero-order valence-corrected chi connectivity index (χ0v) is 25.8. The first-order valence-corrected chi connectivity index (χ1v) is 14.2. The number of rotatable bonds is 15. The molecular formula is C33H38O13. The van der Waals surface area contributed by atoms with Gasteiger partial charge in [-0.25, -0.2) is 4.79 Å². The van der Waals surface area contributed by atoms with Crippen LogP contribution in [0.15, 0.2) is 66.7 Å². The van der Waals surface area contributed by atoms with Gasteiger partial charge in [0.15, 0.2) is 46.7 Å². The molecule has 0 radical (unpaired) electrons. The van der Waals surface area contributed by atoms with E-state index in [2.05, 4.69) is 0 Å². The fourth-order valence-electron chi connectivity index (χ4n) is 4.76. The number of aliphatic hydroxyl groups is 3. The van der Waals surface area contributed by atoms with Crippen LogP contribution >= 0.6 is 0 Å². The lowest BCUT2D eigenvalue weighted by Gasteiger charge is -2.29. The van der Waals surface area contributed by atoms with E-state index in [0.29, 0.717) is 28.4 Å². The van der Waals surface area contributed by atoms with E-state index in [4.69, 9.17) is 37.9 Å². The summed E-state index contributed by atoms with van der Waals surface area (Å²) in [4.78, 5) is 12.4. The van der Waals surface area contributed by atoms with Gasteiger partial charge in [0.05, 0.1) is 34.5 Å². The molecule has 1 aliphatic heterocycles. The van der Waals surface area contributed by atoms with Crippen molar-refractivity contribution in [3.05, 3.63) is 77.9 Å². The molecule has 13 nitrogen and oxygen atoms in total. The summed E-state index contributed by atoms with van der Waals surface area (Å²) in [5.41, 5.74) is 1.06. The van der Waals surface area contributed by atoms with E-state index in [1.54, 1.807) is 54.6 Å². The zero-order chi connectivity index (χ0) is 33.2. The number of para-hydroxylation sites is 2. The predicted molar refractivity (Wildman–Crippen MR) is 163 cm³/mol. The van der Waals surface area contributed by atoms with Gasteiger partial charge in [-0.2, -0.15) is 0 Å². The van der Waals surface area contributed by atoms with Crippen LogP contribution in [0.3, 0.4) is 0 Å². The normalized spacial score (nSPS) is 20.6. The van der Waals surface area contributed by atoms with Gasteiger partial charge in [-0.3, -0.25) is 0 Å². The second kappa shape index (κ2) is 16.2. The number of ether oxygens (including phenoxy) is 8. The SMILES string of the molecule is COC[C@@H]1O[C@@H](OC(=O)/C=C/c2ccc(OC(c3ccc(O)c(OC)c3)C(CO)Oc3ccccc3OC)c(OC)c2)[C@H](O)[C@H]1O. The van der Waals surface area contributed by atoms with Crippen molar-refractivity contribution in [3.8, 4) is 34.5 Å². The second-order valence-electron chi connectivity index (χ2n) is 10.1. The number of aliphatic hydroxyl groups excluding tert-OH is 3. The third-order valence-electron chi connectivity index (χ3n) is 7.13. The van der Waals surface area contributed by atoms with E-state index in [9.17, 15) is 25.2 Å². The average Bonchev–Trinajstić information content (AvgIpc) is 3.33. The number of phenolic OH excluding ortho intramolecular Hbond substituents is 1. The molecule has 0 saturated carbocycles. The van der Waals surface area contributed by atoms with Gasteiger partial charge in [-0.1, -0.05) is 24.3 Å². The first kappa shape index (κ1) is 34.3. The number of benzene rings is 3. The van der Waals surface area contributed by atoms with Crippen molar-refractivity contribution in [1.82, 2.24) is 0 Å². The number of hydrogen-bond donors (Lipinski definition) is 4. The lowest BCUT2D eigenvalue weighted by Crippen LogP contribution is -2.35. The van der Waals surface area contributed by atoms with Crippen LogP contribution in [0.1, 0.15) is 17.2 Å². The summed E-state index contributed by atoms with van der Waals surface area (Å²) in [6, 6.07) is 16.5. The first-order valence-electron chi connectivity index (χ1n) is 14.2. The van der Waals surface area contributed by atoms with Crippen molar-refractivity contribution in [1.29, 1.82) is 0 Å². The fourth-order valence-corrected chi connectivity index (χ4v) is 4.76. The Hall–Kier alpha value is -4.53. The monoisotopic (exact) mass is 642 g/mol. The van der Waals surface area contributed by atoms with Gasteiger partial charge in [0, 0.05) is 18.7 Å². The summed E-state index contributed by atoms with van der Waals surface area (Å²) in [5, 5.41) is 40.8. The Morgan fingerprint density at radius 1 is 0.848 bits per heavy atom. The van der Waals surface area contributed by atoms with E-state index in [1.807, 2.05) is 0 Å². The number of phenols is 1. The second-order valence-corrected chi connectivity index (χ2v) is 10.1. The van der Waals surface area contributed by atoms with Gasteiger partial charge in [-0.05, 0) is 48.0 Å². The average molecular weight is 643 g/mol. The molecule has 4 N–H and O–H groups in total. The lowest BCUT2D eigenvalue weighted by molar-refractivity contribution is -0.185. The molecule has 0 amide bonds. The minimum Gasteiger partial charge on any atom is -0.504 e. The molecular weight excluding hydrogens is 604 g/mol. The molecule has 1 heterocycles. The third-order valence-corrected chi connectivity index (χ3v) is 7.13. The third kappa shape index (κ3) is 8.19. The van der Waals surface area contributed by atoms with Gasteiger partial charge in [0.25, 0.3) is 0 Å². The van der Waals surface area contributed by atoms with Crippen LogP contribution < -0.4 is 23.7 Å². The summed E-state index contributed by atoms with van der Waals surface area (Å²) in [5.74, 6) is 0.704. The van der Waals surface area contributed by atoms with E-state index in [-0.39, 0.29) is 23.9 Å². The summed E-state index contributed by atoms with van der Waals surface area (Å²) < 4.78 is 44.3. The van der Waals surface area contributed by atoms with Gasteiger partial charge in [-0.15, -0.1) is 0 Å². The molecule has 1 aliphatic rings. The summed E-state index contributed by atoms with van der Waals surface area (Å²) in [7, 11) is 5.78. The minimum atomic E-state index is -1.43. The van der Waals surface area contributed by atoms with Crippen LogP contribution in [-0.2, 0) is 19.0 Å². The Morgan fingerprint density at radius 3 is 2.22 bits per heavy atom. The number of carbonyl (C=O) groups is 1. The molecule has 13 heteroatoms. The molecule has 6 atom stereocenters. The predicted octanol–water partition coefficient (Wildman–Crippen LogP) is 2.63. The van der Waals surface area contributed by atoms with Gasteiger partial charge >= 0.3 is 5.97 Å². The molecule has 3 aromatic rings. The number of hydrogen-bond acceptors (Lipinski definition) is 13. The fraction of sp³-hybridized carbons (Fsp3) is 0.364. The van der Waals surface area contributed by atoms with Crippen LogP contribution in [0.5, 0.6) is 34.5 Å². The Balaban J connectivity index is 1.56. The molecule has 1 fully saturated rings. The summed E-state index contributed by atoms with van der Waals surface area (Å²) in [6.07, 6.45) is -4.19. The highest BCUT2D eigenvalue weighted by molar-refractivity contribution is 5.87. The van der Waals surface area contributed by atoms with Gasteiger partial charge in [0.2, 0.25) is 6.29 Å². The van der Waals surface area contributed by atoms with E-state index < -0.39 is 49.4 Å². The molecule has 46 heavy (non-hydrogen) atoms. The largest absolute Gasteiger partial charge is 0.504 e. The van der Waals surface area contributed by atoms with Crippen LogP contribution in [0.25, 0.3) is 6.08 Å². The number of methoxy groups -OCH3 is 4. The quantitative estimate of drug-likeness (QED) is 0.141. The molecule has 2 unspecified atom stereocenters. The van der Waals surface area contributed by atoms with Crippen molar-refractivity contribution in [3.63, 3.8) is 0 Å². The Labute approximate surface area is 266 Å². The molecule has 0 spiro atoms. The number of carbonyl (C=O) groups excluding carboxylic acids is 1. The maximum absolute atomic E-state index is 12.4. The van der Waals surface area contributed by atoms with Crippen molar-refractivity contribution >= 4 is 12.0 Å². The smallest absolute Gasteiger partial charge is 0.333 e. The highest BCUT2D eigenvalue weighted by atomic mass is 16.7. The van der Waals surface area contributed by atoms with Crippen molar-refractivity contribution in [2.75, 3.05) is 41.7 Å². The van der Waals surface area contributed by atoms with E-state index in [1.165, 1.54) is 40.6 Å². The topological polar surface area (TPSA) is 172 Å². The molecule has 0 aliphatic carbocycles. The summed E-state index contributed by atoms with van der Waals surface area (Å²) in [6.45, 7) is -0.442. The first-order chi connectivity index (χ1) is 22.2. The zero-order valence-electron chi connectivity index (χ0n) is 25.8. The van der Waals surface area contributed by atoms with Crippen LogP contribution in [-0.4, -0.2) is 98.8 Å². The van der Waals surface area contributed by atoms with Crippen molar-refractivity contribution in [2.45, 2.75) is 36.8 Å². The highest BCUT2D eigenvalue weighted by Gasteiger charge is 2.44. The Kier molecular flexibility index (Phi) is 12.1. The van der Waals surface area contributed by atoms with E-state index >= 15 is 0 Å². The molecule has 3 aromatic carbocycles. The van der Waals surface area contributed by atoms with Crippen LogP contribution in [0.2, 0.25) is 0 Å². The van der Waals surface area contributed by atoms with Gasteiger partial charge < -0.3 is 58.3 Å². The van der Waals surface area contributed by atoms with Crippen LogP contribution in [0, 0.1) is 0 Å². The lowest BCUT2D eigenvalue weighted by atomic mass is 10.0. The van der Waals surface area contributed by atoms with Gasteiger partial charge in [0.1, 0.15) is 18.3 Å². The van der Waals surface area contributed by atoms with Crippen LogP contribution in [0.4, 0.5) is 0 Å². The summed E-state index contributed by atoms with van der Waals surface area (Å²) >= 11 is 0. The van der Waals surface area contributed by atoms with Crippen molar-refractivity contribution in [2.24, 2.45) is 0 Å². The molecule has 0 aromatic heterocycles. The standard InChI is InChI=1S/C33H38O13/c1-39-18-28-30(37)31(38)33(45-28)46-29(36)14-10-19-9-13-24(26(15-19)42-4)44-32(20-11-12-21(35)25(16-20)41-3)27(17-34)43-23-8-6-5-7-22(23)40-2/h5-16,27-28,30-35,37-38H,17-18H2,1-4H3/b14-10+/t27?,28-,30-,31+,32?,33-/m0/s1. The Bertz CT molecular complexity index is 1480. The maximum Gasteiger partial charge on any atom is 0.333 e. The number of aromatic hydroxyl groups is 1.